The van der Waals surface area contributed by atoms with Gasteiger partial charge in [-0.15, -0.1) is 11.6 Å². The topological polar surface area (TPSA) is 37.4 Å². The monoisotopic (exact) mass is 275 g/mol. The van der Waals surface area contributed by atoms with Gasteiger partial charge >= 0.3 is 0 Å². The fraction of sp³-hybridized carbons (Fsp3) is 0.500. The largest absolute Gasteiger partial charge is 0.273 e. The molecule has 0 spiro atoms. The van der Waals surface area contributed by atoms with Gasteiger partial charge in [-0.1, -0.05) is 6.07 Å². The van der Waals surface area contributed by atoms with E-state index in [1.165, 1.54) is 4.31 Å². The molecule has 0 aromatic heterocycles. The number of benzene rings is 1. The van der Waals surface area contributed by atoms with Gasteiger partial charge in [0.1, 0.15) is 0 Å². The smallest absolute Gasteiger partial charge is 0.238 e. The molecule has 0 heterocycles. The van der Waals surface area contributed by atoms with Crippen LogP contribution in [0.15, 0.2) is 18.2 Å². The minimum absolute atomic E-state index is 0.0947. The number of aryl methyl sites for hydroxylation is 2. The molecule has 0 saturated carbocycles. The molecule has 96 valence electrons. The number of hydrogen-bond acceptors (Lipinski definition) is 2. The van der Waals surface area contributed by atoms with Gasteiger partial charge in [-0.05, 0) is 44.0 Å². The molecule has 1 aromatic rings. The molecule has 17 heavy (non-hydrogen) atoms. The van der Waals surface area contributed by atoms with E-state index in [4.69, 9.17) is 11.6 Å². The fourth-order valence-electron chi connectivity index (χ4n) is 1.63. The van der Waals surface area contributed by atoms with E-state index in [1.54, 1.807) is 14.0 Å². The normalized spacial score (nSPS) is 13.5. The molecule has 0 radical (unpaired) electrons. The maximum Gasteiger partial charge on any atom is 0.238 e. The van der Waals surface area contributed by atoms with E-state index in [-0.39, 0.29) is 5.88 Å². The third kappa shape index (κ3) is 3.13. The minimum Gasteiger partial charge on any atom is -0.273 e. The van der Waals surface area contributed by atoms with Crippen molar-refractivity contribution in [1.29, 1.82) is 0 Å². The van der Waals surface area contributed by atoms with E-state index < -0.39 is 15.3 Å². The second-order valence-electron chi connectivity index (χ2n) is 4.32. The molecule has 1 unspecified atom stereocenters. The molecule has 1 aromatic carbocycles. The first kappa shape index (κ1) is 14.3. The van der Waals surface area contributed by atoms with Crippen molar-refractivity contribution in [2.24, 2.45) is 0 Å². The summed E-state index contributed by atoms with van der Waals surface area (Å²) < 4.78 is 25.6. The lowest BCUT2D eigenvalue weighted by atomic mass is 10.1. The van der Waals surface area contributed by atoms with Gasteiger partial charge < -0.3 is 0 Å². The van der Waals surface area contributed by atoms with Crippen LogP contribution in [0.3, 0.4) is 0 Å². The molecule has 0 aliphatic rings. The van der Waals surface area contributed by atoms with Crippen LogP contribution in [0.4, 0.5) is 5.69 Å². The molecule has 0 aliphatic heterocycles. The van der Waals surface area contributed by atoms with Crippen molar-refractivity contribution >= 4 is 27.3 Å². The Morgan fingerprint density at radius 3 is 2.12 bits per heavy atom. The lowest BCUT2D eigenvalue weighted by molar-refractivity contribution is 0.586. The summed E-state index contributed by atoms with van der Waals surface area (Å²) in [7, 11) is -1.81. The van der Waals surface area contributed by atoms with Crippen LogP contribution >= 0.6 is 11.6 Å². The molecule has 0 saturated heterocycles. The van der Waals surface area contributed by atoms with Gasteiger partial charge in [0.15, 0.2) is 0 Å². The summed E-state index contributed by atoms with van der Waals surface area (Å²) in [6.07, 6.45) is 0. The Hall–Kier alpha value is -0.740. The maximum absolute atomic E-state index is 12.1. The Bertz CT molecular complexity index is 479. The average Bonchev–Trinajstić information content (AvgIpc) is 2.25. The van der Waals surface area contributed by atoms with Crippen LogP contribution in [0.25, 0.3) is 0 Å². The molecular weight excluding hydrogens is 258 g/mol. The highest BCUT2D eigenvalue weighted by Crippen LogP contribution is 2.22. The third-order valence-electron chi connectivity index (χ3n) is 2.68. The van der Waals surface area contributed by atoms with Gasteiger partial charge in [-0.2, -0.15) is 0 Å². The van der Waals surface area contributed by atoms with Crippen LogP contribution in [0, 0.1) is 13.8 Å². The summed E-state index contributed by atoms with van der Waals surface area (Å²) in [4.78, 5) is 0. The summed E-state index contributed by atoms with van der Waals surface area (Å²) in [5, 5.41) is -0.588. The maximum atomic E-state index is 12.1. The van der Waals surface area contributed by atoms with E-state index in [2.05, 4.69) is 0 Å². The van der Waals surface area contributed by atoms with Gasteiger partial charge in [0.05, 0.1) is 10.9 Å². The van der Waals surface area contributed by atoms with Gasteiger partial charge in [0.2, 0.25) is 10.0 Å². The second-order valence-corrected chi connectivity index (χ2v) is 7.01. The highest BCUT2D eigenvalue weighted by Gasteiger charge is 2.25. The molecule has 5 heteroatoms. The Morgan fingerprint density at radius 1 is 1.24 bits per heavy atom. The average molecular weight is 276 g/mol. The highest BCUT2D eigenvalue weighted by molar-refractivity contribution is 7.93. The molecule has 3 nitrogen and oxygen atoms in total. The minimum atomic E-state index is -3.37. The number of alkyl halides is 1. The Kier molecular flexibility index (Phi) is 4.44. The molecule has 0 bridgehead atoms. The zero-order valence-electron chi connectivity index (χ0n) is 10.6. The molecule has 1 rings (SSSR count). The van der Waals surface area contributed by atoms with Gasteiger partial charge in [0, 0.05) is 12.9 Å². The highest BCUT2D eigenvalue weighted by atomic mass is 35.5. The first-order valence-corrected chi connectivity index (χ1v) is 7.45. The number of nitrogens with zero attached hydrogens (tertiary/aromatic N) is 1. The van der Waals surface area contributed by atoms with E-state index in [1.807, 2.05) is 32.0 Å². The number of rotatable bonds is 4. The molecule has 0 N–H and O–H groups in total. The zero-order valence-corrected chi connectivity index (χ0v) is 12.1. The van der Waals surface area contributed by atoms with Crippen molar-refractivity contribution < 1.29 is 8.42 Å². The van der Waals surface area contributed by atoms with Gasteiger partial charge in [-0.25, -0.2) is 8.42 Å². The standard InChI is InChI=1S/C12H18ClNO2S/c1-9-5-10(2)7-12(6-9)14(4)17(15,16)11(3)8-13/h5-7,11H,8H2,1-4H3. The third-order valence-corrected chi connectivity index (χ3v) is 5.48. The number of halogens is 1. The predicted octanol–water partition coefficient (Wildman–Crippen LogP) is 2.70. The quantitative estimate of drug-likeness (QED) is 0.793. The number of hydrogen-bond donors (Lipinski definition) is 0. The van der Waals surface area contributed by atoms with Crippen molar-refractivity contribution in [2.45, 2.75) is 26.0 Å². The van der Waals surface area contributed by atoms with Gasteiger partial charge in [0.25, 0.3) is 0 Å². The zero-order chi connectivity index (χ0) is 13.2. The molecule has 0 fully saturated rings. The van der Waals surface area contributed by atoms with Crippen molar-refractivity contribution in [3.05, 3.63) is 29.3 Å². The summed E-state index contributed by atoms with van der Waals surface area (Å²) in [6, 6.07) is 5.71. The number of anilines is 1. The van der Waals surface area contributed by atoms with Crippen molar-refractivity contribution in [3.8, 4) is 0 Å². The van der Waals surface area contributed by atoms with E-state index in [0.29, 0.717) is 5.69 Å². The van der Waals surface area contributed by atoms with Crippen molar-refractivity contribution in [3.63, 3.8) is 0 Å². The molecular formula is C12H18ClNO2S. The van der Waals surface area contributed by atoms with Crippen LogP contribution < -0.4 is 4.31 Å². The van der Waals surface area contributed by atoms with Crippen molar-refractivity contribution in [2.75, 3.05) is 17.2 Å². The summed E-state index contributed by atoms with van der Waals surface area (Å²) in [6.45, 7) is 5.51. The van der Waals surface area contributed by atoms with E-state index in [9.17, 15) is 8.42 Å². The lowest BCUT2D eigenvalue weighted by Gasteiger charge is -2.23. The fourth-order valence-corrected chi connectivity index (χ4v) is 3.20. The predicted molar refractivity (Wildman–Crippen MR) is 73.4 cm³/mol. The lowest BCUT2D eigenvalue weighted by Crippen LogP contribution is -2.35. The Balaban J connectivity index is 3.16. The SMILES string of the molecule is Cc1cc(C)cc(N(C)S(=O)(=O)C(C)CCl)c1. The first-order valence-electron chi connectivity index (χ1n) is 5.41. The van der Waals surface area contributed by atoms with Gasteiger partial charge in [-0.3, -0.25) is 4.31 Å². The van der Waals surface area contributed by atoms with Crippen LogP contribution in [-0.2, 0) is 10.0 Å². The molecule has 0 amide bonds. The molecule has 0 aliphatic carbocycles. The van der Waals surface area contributed by atoms with Crippen LogP contribution in [-0.4, -0.2) is 26.6 Å². The Morgan fingerprint density at radius 2 is 1.71 bits per heavy atom. The van der Waals surface area contributed by atoms with Crippen LogP contribution in [0.1, 0.15) is 18.1 Å². The second kappa shape index (κ2) is 5.27. The van der Waals surface area contributed by atoms with E-state index in [0.717, 1.165) is 11.1 Å². The van der Waals surface area contributed by atoms with Crippen molar-refractivity contribution in [1.82, 2.24) is 0 Å². The van der Waals surface area contributed by atoms with Crippen LogP contribution in [0.2, 0.25) is 0 Å². The summed E-state index contributed by atoms with van der Waals surface area (Å²) >= 11 is 5.62. The summed E-state index contributed by atoms with van der Waals surface area (Å²) in [5.41, 5.74) is 2.76. The summed E-state index contributed by atoms with van der Waals surface area (Å²) in [5.74, 6) is 0.0947. The first-order chi connectivity index (χ1) is 7.78. The number of sulfonamides is 1. The van der Waals surface area contributed by atoms with E-state index >= 15 is 0 Å². The molecule has 1 atom stereocenters. The van der Waals surface area contributed by atoms with Crippen LogP contribution in [0.5, 0.6) is 0 Å². The Labute approximate surface area is 108 Å².